The topological polar surface area (TPSA) is 27.3 Å². The minimum absolute atomic E-state index is 0.159. The van der Waals surface area contributed by atoms with Crippen molar-refractivity contribution in [1.29, 1.82) is 0 Å². The summed E-state index contributed by atoms with van der Waals surface area (Å²) < 4.78 is 0. The fourth-order valence-corrected chi connectivity index (χ4v) is 2.57. The molecule has 0 spiro atoms. The Morgan fingerprint density at radius 2 is 1.96 bits per heavy atom. The molecule has 1 atom stereocenters. The summed E-state index contributed by atoms with van der Waals surface area (Å²) in [5, 5.41) is 6.32. The first-order valence-corrected chi connectivity index (χ1v) is 7.83. The van der Waals surface area contributed by atoms with Crippen LogP contribution in [-0.2, 0) is 0 Å². The molecular weight excluding hydrogens is 282 g/mol. The van der Waals surface area contributed by atoms with E-state index in [-0.39, 0.29) is 6.04 Å². The van der Waals surface area contributed by atoms with Crippen molar-refractivity contribution in [3.63, 3.8) is 0 Å². The zero-order valence-corrected chi connectivity index (χ0v) is 14.7. The van der Waals surface area contributed by atoms with Gasteiger partial charge in [0.2, 0.25) is 0 Å². The van der Waals surface area contributed by atoms with Gasteiger partial charge in [-0.2, -0.15) is 0 Å². The van der Waals surface area contributed by atoms with E-state index in [0.717, 1.165) is 41.1 Å². The number of allylic oxidation sites excluding steroid dienone is 1. The van der Waals surface area contributed by atoms with Gasteiger partial charge in [0.15, 0.2) is 0 Å². The number of nitrogens with zero attached hydrogens (tertiary/aromatic N) is 1. The van der Waals surface area contributed by atoms with Crippen LogP contribution in [0.2, 0.25) is 0 Å². The van der Waals surface area contributed by atoms with Crippen LogP contribution in [0, 0.1) is 0 Å². The van der Waals surface area contributed by atoms with E-state index in [2.05, 4.69) is 61.0 Å². The van der Waals surface area contributed by atoms with Gasteiger partial charge in [-0.25, -0.2) is 0 Å². The van der Waals surface area contributed by atoms with Crippen molar-refractivity contribution in [2.24, 2.45) is 0 Å². The highest BCUT2D eigenvalue weighted by Gasteiger charge is 2.20. The molecule has 0 bridgehead atoms. The van der Waals surface area contributed by atoms with Crippen molar-refractivity contribution < 1.29 is 0 Å². The quantitative estimate of drug-likeness (QED) is 0.629. The first kappa shape index (κ1) is 18.6. The van der Waals surface area contributed by atoms with Gasteiger partial charge in [0.05, 0.1) is 6.04 Å². The molecule has 0 aliphatic heterocycles. The maximum Gasteiger partial charge on any atom is 0.0681 e. The van der Waals surface area contributed by atoms with Gasteiger partial charge in [0.25, 0.3) is 0 Å². The van der Waals surface area contributed by atoms with E-state index in [0.29, 0.717) is 0 Å². The molecule has 0 heterocycles. The van der Waals surface area contributed by atoms with Crippen LogP contribution in [0.5, 0.6) is 0 Å². The van der Waals surface area contributed by atoms with Crippen molar-refractivity contribution in [1.82, 2.24) is 10.2 Å². The Balaban J connectivity index is 3.12. The van der Waals surface area contributed by atoms with Crippen molar-refractivity contribution in [2.45, 2.75) is 18.9 Å². The molecule has 124 valence electrons. The molecule has 3 nitrogen and oxygen atoms in total. The van der Waals surface area contributed by atoms with Crippen molar-refractivity contribution in [3.05, 3.63) is 67.4 Å². The normalized spacial score (nSPS) is 11.3. The second-order valence-electron chi connectivity index (χ2n) is 5.47. The van der Waals surface area contributed by atoms with Gasteiger partial charge in [-0.1, -0.05) is 38.0 Å². The predicted octanol–water partition coefficient (Wildman–Crippen LogP) is 4.34. The zero-order valence-electron chi connectivity index (χ0n) is 14.7. The summed E-state index contributed by atoms with van der Waals surface area (Å²) in [5.74, 6) is 0. The number of nitrogens with one attached hydrogen (secondary N) is 2. The maximum atomic E-state index is 4.30. The molecule has 1 aromatic carbocycles. The Labute approximate surface area is 141 Å². The Morgan fingerprint density at radius 1 is 1.26 bits per heavy atom. The van der Waals surface area contributed by atoms with Crippen LogP contribution in [0.15, 0.2) is 56.3 Å². The third-order valence-electron chi connectivity index (χ3n) is 4.13. The molecule has 0 fully saturated rings. The van der Waals surface area contributed by atoms with Gasteiger partial charge in [-0.15, -0.1) is 6.58 Å². The fraction of sp³-hybridized carbons (Fsp3) is 0.300. The lowest BCUT2D eigenvalue weighted by atomic mass is 10.0. The summed E-state index contributed by atoms with van der Waals surface area (Å²) >= 11 is 0. The zero-order chi connectivity index (χ0) is 17.4. The predicted molar refractivity (Wildman–Crippen MR) is 104 cm³/mol. The number of rotatable bonds is 10. The van der Waals surface area contributed by atoms with Gasteiger partial charge in [-0.3, -0.25) is 0 Å². The summed E-state index contributed by atoms with van der Waals surface area (Å²) in [4.78, 5) is 2.17. The van der Waals surface area contributed by atoms with Gasteiger partial charge in [0.1, 0.15) is 0 Å². The second-order valence-corrected chi connectivity index (χ2v) is 5.47. The molecule has 3 heteroatoms. The summed E-state index contributed by atoms with van der Waals surface area (Å²) in [7, 11) is 5.86. The smallest absolute Gasteiger partial charge is 0.0681 e. The Hall–Kier alpha value is -2.42. The first-order valence-electron chi connectivity index (χ1n) is 7.83. The number of hydrogen-bond acceptors (Lipinski definition) is 3. The number of anilines is 1. The molecule has 0 amide bonds. The number of likely N-dealkylation sites (N-methyl/N-ethyl adjacent to an activating group) is 2. The lowest BCUT2D eigenvalue weighted by Gasteiger charge is -2.33. The van der Waals surface area contributed by atoms with Gasteiger partial charge in [-0.05, 0) is 30.5 Å². The van der Waals surface area contributed by atoms with Crippen LogP contribution in [-0.4, -0.2) is 32.1 Å². The Morgan fingerprint density at radius 3 is 2.48 bits per heavy atom. The molecule has 0 saturated carbocycles. The molecule has 0 radical (unpaired) electrons. The van der Waals surface area contributed by atoms with E-state index >= 15 is 0 Å². The molecular formula is C20H29N3. The summed E-state index contributed by atoms with van der Waals surface area (Å²) in [6, 6.07) is 6.36. The van der Waals surface area contributed by atoms with Gasteiger partial charge < -0.3 is 15.5 Å². The summed E-state index contributed by atoms with van der Waals surface area (Å²) in [6.45, 7) is 16.2. The molecule has 0 aromatic heterocycles. The van der Waals surface area contributed by atoms with E-state index in [9.17, 15) is 0 Å². The average Bonchev–Trinajstić information content (AvgIpc) is 2.60. The molecule has 0 aliphatic rings. The van der Waals surface area contributed by atoms with Crippen LogP contribution >= 0.6 is 0 Å². The van der Waals surface area contributed by atoms with Gasteiger partial charge in [0, 0.05) is 43.8 Å². The second kappa shape index (κ2) is 8.89. The lowest BCUT2D eigenvalue weighted by Crippen LogP contribution is -2.35. The van der Waals surface area contributed by atoms with E-state index < -0.39 is 0 Å². The largest absolute Gasteiger partial charge is 0.390 e. The van der Waals surface area contributed by atoms with Crippen molar-refractivity contribution >= 4 is 17.5 Å². The summed E-state index contributed by atoms with van der Waals surface area (Å²) in [5.41, 5.74) is 5.12. The summed E-state index contributed by atoms with van der Waals surface area (Å²) in [6.07, 6.45) is 5.66. The number of hydrogen-bond donors (Lipinski definition) is 2. The molecule has 23 heavy (non-hydrogen) atoms. The molecule has 0 aliphatic carbocycles. The minimum Gasteiger partial charge on any atom is -0.390 e. The van der Waals surface area contributed by atoms with E-state index in [1.807, 2.05) is 32.3 Å². The van der Waals surface area contributed by atoms with Gasteiger partial charge >= 0.3 is 0 Å². The first-order chi connectivity index (χ1) is 11.0. The van der Waals surface area contributed by atoms with Crippen LogP contribution in [0.4, 0.5) is 5.69 Å². The van der Waals surface area contributed by atoms with E-state index in [1.165, 1.54) is 0 Å². The molecule has 1 rings (SSSR count). The molecule has 0 saturated heterocycles. The highest BCUT2D eigenvalue weighted by Crippen LogP contribution is 2.28. The Kier molecular flexibility index (Phi) is 7.20. The fourth-order valence-electron chi connectivity index (χ4n) is 2.57. The highest BCUT2D eigenvalue weighted by molar-refractivity contribution is 5.74. The van der Waals surface area contributed by atoms with Crippen molar-refractivity contribution in [3.8, 4) is 0 Å². The molecule has 1 unspecified atom stereocenters. The lowest BCUT2D eigenvalue weighted by molar-refractivity contribution is 0.361. The standard InChI is InChI=1S/C20H29N3/c1-8-10-11-20(15(3)21-5)23(7)16(4)19-13-12-18(22-6)14-17(19)9-2/h8-9,12-14,20-22H,1-4,10-11H2,5-7H3. The third-order valence-corrected chi connectivity index (χ3v) is 4.13. The van der Waals surface area contributed by atoms with E-state index in [4.69, 9.17) is 0 Å². The van der Waals surface area contributed by atoms with Crippen LogP contribution < -0.4 is 10.6 Å². The average molecular weight is 311 g/mol. The minimum atomic E-state index is 0.159. The SMILES string of the molecule is C=CCCC(C(=C)NC)N(C)C(=C)c1ccc(NC)cc1C=C. The Bertz CT molecular complexity index is 587. The van der Waals surface area contributed by atoms with Crippen LogP contribution in [0.25, 0.3) is 11.8 Å². The monoisotopic (exact) mass is 311 g/mol. The number of benzene rings is 1. The molecule has 2 N–H and O–H groups in total. The maximum absolute atomic E-state index is 4.30. The highest BCUT2D eigenvalue weighted by atomic mass is 15.2. The van der Waals surface area contributed by atoms with Crippen molar-refractivity contribution in [2.75, 3.05) is 26.5 Å². The molecule has 1 aromatic rings. The van der Waals surface area contributed by atoms with E-state index in [1.54, 1.807) is 0 Å². The van der Waals surface area contributed by atoms with Crippen LogP contribution in [0.1, 0.15) is 24.0 Å². The third kappa shape index (κ3) is 4.52. The van der Waals surface area contributed by atoms with Crippen LogP contribution in [0.3, 0.4) is 0 Å².